The van der Waals surface area contributed by atoms with Crippen molar-refractivity contribution in [1.29, 1.82) is 0 Å². The second-order valence-electron chi connectivity index (χ2n) is 7.32. The first-order valence-electron chi connectivity index (χ1n) is 9.64. The van der Waals surface area contributed by atoms with Crippen molar-refractivity contribution in [1.82, 2.24) is 15.5 Å². The maximum Gasteiger partial charge on any atom is 0.249 e. The number of nitrogens with one attached hydrogen (secondary N) is 2. The highest BCUT2D eigenvalue weighted by atomic mass is 35.5. The van der Waals surface area contributed by atoms with Crippen molar-refractivity contribution in [2.24, 2.45) is 5.92 Å². The summed E-state index contributed by atoms with van der Waals surface area (Å²) in [6.07, 6.45) is 0.743. The largest absolute Gasteiger partial charge is 0.344 e. The lowest BCUT2D eigenvalue weighted by Crippen LogP contribution is -2.45. The number of nitrogens with zero attached hydrogens (tertiary/aromatic N) is 2. The molecular weight excluding hydrogens is 420 g/mol. The Kier molecular flexibility index (Phi) is 7.54. The van der Waals surface area contributed by atoms with Crippen LogP contribution in [0, 0.1) is 5.92 Å². The van der Waals surface area contributed by atoms with E-state index in [4.69, 9.17) is 11.6 Å². The van der Waals surface area contributed by atoms with Crippen LogP contribution in [-0.4, -0.2) is 28.1 Å². The zero-order chi connectivity index (χ0) is 21.5. The summed E-state index contributed by atoms with van der Waals surface area (Å²) in [5.74, 6) is -0.281. The van der Waals surface area contributed by atoms with Gasteiger partial charge in [-0.3, -0.25) is 14.9 Å². The highest BCUT2D eigenvalue weighted by Crippen LogP contribution is 2.28. The van der Waals surface area contributed by atoms with Crippen LogP contribution < -0.4 is 10.6 Å². The SMILES string of the molecule is CC(C)CC(=O)N[C@H](Cc1ccccc1)C(=O)Nc1nnc(-c2cccc(Cl)c2)s1. The highest BCUT2D eigenvalue weighted by Gasteiger charge is 2.23. The summed E-state index contributed by atoms with van der Waals surface area (Å²) in [5, 5.41) is 15.4. The molecule has 2 aromatic carbocycles. The summed E-state index contributed by atoms with van der Waals surface area (Å²) >= 11 is 7.29. The Bertz CT molecular complexity index is 1010. The van der Waals surface area contributed by atoms with Gasteiger partial charge in [0.05, 0.1) is 0 Å². The molecule has 3 rings (SSSR count). The fraction of sp³-hybridized carbons (Fsp3) is 0.273. The highest BCUT2D eigenvalue weighted by molar-refractivity contribution is 7.18. The van der Waals surface area contributed by atoms with E-state index in [1.165, 1.54) is 11.3 Å². The van der Waals surface area contributed by atoms with Gasteiger partial charge in [-0.2, -0.15) is 0 Å². The van der Waals surface area contributed by atoms with Gasteiger partial charge in [0, 0.05) is 23.4 Å². The fourth-order valence-corrected chi connectivity index (χ4v) is 3.82. The van der Waals surface area contributed by atoms with Crippen LogP contribution in [0.4, 0.5) is 5.13 Å². The average Bonchev–Trinajstić information content (AvgIpc) is 3.16. The number of aromatic nitrogens is 2. The van der Waals surface area contributed by atoms with Gasteiger partial charge in [-0.05, 0) is 23.6 Å². The number of rotatable bonds is 8. The molecule has 0 aliphatic rings. The Morgan fingerprint density at radius 2 is 1.83 bits per heavy atom. The Hall–Kier alpha value is -2.77. The number of benzene rings is 2. The monoisotopic (exact) mass is 442 g/mol. The molecule has 0 saturated heterocycles. The smallest absolute Gasteiger partial charge is 0.249 e. The average molecular weight is 443 g/mol. The van der Waals surface area contributed by atoms with Crippen LogP contribution in [0.15, 0.2) is 54.6 Å². The van der Waals surface area contributed by atoms with Crippen molar-refractivity contribution in [3.63, 3.8) is 0 Å². The van der Waals surface area contributed by atoms with E-state index < -0.39 is 6.04 Å². The molecular formula is C22H23ClN4O2S. The molecule has 3 aromatic rings. The van der Waals surface area contributed by atoms with Crippen molar-refractivity contribution < 1.29 is 9.59 Å². The van der Waals surface area contributed by atoms with Crippen LogP contribution in [0.25, 0.3) is 10.6 Å². The van der Waals surface area contributed by atoms with Crippen LogP contribution in [0.2, 0.25) is 5.02 Å². The van der Waals surface area contributed by atoms with Crippen molar-refractivity contribution in [2.45, 2.75) is 32.7 Å². The summed E-state index contributed by atoms with van der Waals surface area (Å²) in [6.45, 7) is 3.93. The minimum absolute atomic E-state index is 0.155. The molecule has 0 saturated carbocycles. The molecule has 1 heterocycles. The number of carbonyl (C=O) groups excluding carboxylic acids is 2. The molecule has 0 fully saturated rings. The standard InChI is InChI=1S/C22H23ClN4O2S/c1-14(2)11-19(28)24-18(12-15-7-4-3-5-8-15)20(29)25-22-27-26-21(30-22)16-9-6-10-17(23)13-16/h3-10,13-14,18H,11-12H2,1-2H3,(H,24,28)(H,25,27,29)/t18-/m1/s1. The topological polar surface area (TPSA) is 84.0 Å². The van der Waals surface area contributed by atoms with Crippen LogP contribution in [0.5, 0.6) is 0 Å². The molecule has 1 aromatic heterocycles. The number of amides is 2. The Balaban J connectivity index is 1.73. The van der Waals surface area contributed by atoms with E-state index in [0.29, 0.717) is 28.0 Å². The van der Waals surface area contributed by atoms with Gasteiger partial charge in [-0.1, -0.05) is 79.2 Å². The third-order valence-corrected chi connectivity index (χ3v) is 5.38. The number of hydrogen-bond donors (Lipinski definition) is 2. The predicted octanol–water partition coefficient (Wildman–Crippen LogP) is 4.57. The predicted molar refractivity (Wildman–Crippen MR) is 121 cm³/mol. The lowest BCUT2D eigenvalue weighted by molar-refractivity contribution is -0.127. The van der Waals surface area contributed by atoms with Gasteiger partial charge in [0.25, 0.3) is 0 Å². The molecule has 2 amide bonds. The van der Waals surface area contributed by atoms with Crippen molar-refractivity contribution in [3.05, 3.63) is 65.2 Å². The number of hydrogen-bond acceptors (Lipinski definition) is 5. The number of anilines is 1. The normalized spacial score (nSPS) is 11.9. The van der Waals surface area contributed by atoms with Crippen LogP contribution in [0.1, 0.15) is 25.8 Å². The minimum atomic E-state index is -0.711. The summed E-state index contributed by atoms with van der Waals surface area (Å²) < 4.78 is 0. The first-order valence-corrected chi connectivity index (χ1v) is 10.8. The summed E-state index contributed by atoms with van der Waals surface area (Å²) in [6, 6.07) is 16.1. The van der Waals surface area contributed by atoms with Gasteiger partial charge in [0.15, 0.2) is 0 Å². The summed E-state index contributed by atoms with van der Waals surface area (Å²) in [4.78, 5) is 25.2. The maximum absolute atomic E-state index is 12.9. The van der Waals surface area contributed by atoms with E-state index in [9.17, 15) is 9.59 Å². The fourth-order valence-electron chi connectivity index (χ4n) is 2.89. The molecule has 156 valence electrons. The van der Waals surface area contributed by atoms with Gasteiger partial charge in [-0.25, -0.2) is 0 Å². The van der Waals surface area contributed by atoms with E-state index in [1.54, 1.807) is 12.1 Å². The Labute approximate surface area is 184 Å². The molecule has 30 heavy (non-hydrogen) atoms. The Morgan fingerprint density at radius 3 is 2.53 bits per heavy atom. The summed E-state index contributed by atoms with van der Waals surface area (Å²) in [7, 11) is 0. The van der Waals surface area contributed by atoms with Gasteiger partial charge in [0.2, 0.25) is 16.9 Å². The van der Waals surface area contributed by atoms with E-state index in [0.717, 1.165) is 11.1 Å². The molecule has 2 N–H and O–H groups in total. The lowest BCUT2D eigenvalue weighted by Gasteiger charge is -2.18. The van der Waals surface area contributed by atoms with E-state index in [1.807, 2.05) is 56.3 Å². The third kappa shape index (κ3) is 6.37. The molecule has 0 spiro atoms. The zero-order valence-electron chi connectivity index (χ0n) is 16.8. The molecule has 0 bridgehead atoms. The van der Waals surface area contributed by atoms with Gasteiger partial charge in [-0.15, -0.1) is 10.2 Å². The second-order valence-corrected chi connectivity index (χ2v) is 8.73. The first-order chi connectivity index (χ1) is 14.4. The zero-order valence-corrected chi connectivity index (χ0v) is 18.3. The molecule has 0 radical (unpaired) electrons. The summed E-state index contributed by atoms with van der Waals surface area (Å²) in [5.41, 5.74) is 1.78. The van der Waals surface area contributed by atoms with Crippen LogP contribution in [0.3, 0.4) is 0 Å². The van der Waals surface area contributed by atoms with Gasteiger partial charge >= 0.3 is 0 Å². The molecule has 8 heteroatoms. The molecule has 0 unspecified atom stereocenters. The quantitative estimate of drug-likeness (QED) is 0.535. The van der Waals surface area contributed by atoms with E-state index in [2.05, 4.69) is 20.8 Å². The lowest BCUT2D eigenvalue weighted by atomic mass is 10.0. The third-order valence-electron chi connectivity index (χ3n) is 4.25. The van der Waals surface area contributed by atoms with Crippen molar-refractivity contribution in [2.75, 3.05) is 5.32 Å². The molecule has 0 aliphatic carbocycles. The maximum atomic E-state index is 12.9. The van der Waals surface area contributed by atoms with E-state index in [-0.39, 0.29) is 17.7 Å². The molecule has 6 nitrogen and oxygen atoms in total. The van der Waals surface area contributed by atoms with Crippen molar-refractivity contribution >= 4 is 39.9 Å². The van der Waals surface area contributed by atoms with Crippen molar-refractivity contribution in [3.8, 4) is 10.6 Å². The number of halogens is 1. The van der Waals surface area contributed by atoms with E-state index >= 15 is 0 Å². The first kappa shape index (κ1) is 21.9. The Morgan fingerprint density at radius 1 is 1.07 bits per heavy atom. The minimum Gasteiger partial charge on any atom is -0.344 e. The second kappa shape index (κ2) is 10.3. The van der Waals surface area contributed by atoms with Gasteiger partial charge in [0.1, 0.15) is 11.0 Å². The molecule has 0 aliphatic heterocycles. The number of carbonyl (C=O) groups is 2. The molecule has 1 atom stereocenters. The van der Waals surface area contributed by atoms with Crippen LogP contribution in [-0.2, 0) is 16.0 Å². The van der Waals surface area contributed by atoms with Crippen LogP contribution >= 0.6 is 22.9 Å². The van der Waals surface area contributed by atoms with Gasteiger partial charge < -0.3 is 5.32 Å².